The molecule has 86 valence electrons. The van der Waals surface area contributed by atoms with Crippen LogP contribution in [-0.2, 0) is 0 Å². The van der Waals surface area contributed by atoms with Gasteiger partial charge in [-0.05, 0) is 12.1 Å². The highest BCUT2D eigenvalue weighted by Crippen LogP contribution is 2.34. The molecule has 7 heteroatoms. The van der Waals surface area contributed by atoms with Crippen LogP contribution < -0.4 is 15.2 Å². The second-order valence-corrected chi connectivity index (χ2v) is 3.33. The summed E-state index contributed by atoms with van der Waals surface area (Å²) in [7, 11) is 0. The number of hydrogen-bond acceptors (Lipinski definition) is 5. The van der Waals surface area contributed by atoms with Crippen molar-refractivity contribution < 1.29 is 9.47 Å². The first-order chi connectivity index (χ1) is 8.34. The smallest absolute Gasteiger partial charge is 0.363 e. The molecule has 1 aromatic heterocycles. The molecule has 0 saturated carbocycles. The van der Waals surface area contributed by atoms with E-state index in [0.29, 0.717) is 11.5 Å². The summed E-state index contributed by atoms with van der Waals surface area (Å²) in [5, 5.41) is 9.77. The highest BCUT2D eigenvalue weighted by Gasteiger charge is 2.15. The number of ether oxygens (including phenoxy) is 2. The van der Waals surface area contributed by atoms with Crippen molar-refractivity contribution in [1.29, 1.82) is 0 Å². The first kappa shape index (κ1) is 9.64. The third-order valence-electron chi connectivity index (χ3n) is 2.28. The summed E-state index contributed by atoms with van der Waals surface area (Å²) in [5.74, 6) is 1.31. The molecule has 7 nitrogen and oxygen atoms in total. The van der Waals surface area contributed by atoms with Gasteiger partial charge in [0.2, 0.25) is 6.79 Å². The van der Waals surface area contributed by atoms with Crippen LogP contribution >= 0.6 is 0 Å². The second-order valence-electron chi connectivity index (χ2n) is 3.33. The minimum absolute atomic E-state index is 0.200. The molecule has 2 aromatic rings. The molecular weight excluding hydrogens is 224 g/mol. The maximum Gasteiger partial charge on any atom is 0.363 e. The van der Waals surface area contributed by atoms with Gasteiger partial charge in [0, 0.05) is 5.56 Å². The van der Waals surface area contributed by atoms with Gasteiger partial charge < -0.3 is 9.47 Å². The third kappa shape index (κ3) is 1.67. The maximum absolute atomic E-state index is 11.1. The quantitative estimate of drug-likeness (QED) is 0.749. The van der Waals surface area contributed by atoms with Gasteiger partial charge in [-0.3, -0.25) is 0 Å². The Morgan fingerprint density at radius 2 is 2.41 bits per heavy atom. The van der Waals surface area contributed by atoms with Crippen LogP contribution in [0.3, 0.4) is 0 Å². The average Bonchev–Trinajstić information content (AvgIpc) is 2.95. The lowest BCUT2D eigenvalue weighted by atomic mass is 10.2. The van der Waals surface area contributed by atoms with E-state index >= 15 is 0 Å². The van der Waals surface area contributed by atoms with Gasteiger partial charge in [0.1, 0.15) is 6.33 Å². The minimum atomic E-state index is -0.397. The van der Waals surface area contributed by atoms with Crippen molar-refractivity contribution in [3.63, 3.8) is 0 Å². The summed E-state index contributed by atoms with van der Waals surface area (Å²) in [5.41, 5.74) is 0.346. The molecule has 17 heavy (non-hydrogen) atoms. The lowest BCUT2D eigenvalue weighted by Gasteiger charge is -1.99. The lowest BCUT2D eigenvalue weighted by Crippen LogP contribution is -2.11. The van der Waals surface area contributed by atoms with Gasteiger partial charge in [0.25, 0.3) is 0 Å². The Morgan fingerprint density at radius 3 is 3.24 bits per heavy atom. The van der Waals surface area contributed by atoms with E-state index in [1.807, 2.05) is 18.2 Å². The number of aromatic amines is 1. The van der Waals surface area contributed by atoms with Gasteiger partial charge in [-0.1, -0.05) is 6.07 Å². The topological polar surface area (TPSA) is 81.5 Å². The second kappa shape index (κ2) is 3.78. The molecule has 2 heterocycles. The van der Waals surface area contributed by atoms with Crippen LogP contribution in [0.2, 0.25) is 0 Å². The van der Waals surface area contributed by atoms with E-state index in [2.05, 4.69) is 15.3 Å². The standard InChI is InChI=1S/C10H8N4O3/c15-10-13-11-5-14(10)12-4-7-2-1-3-8-9(7)17-6-16-8/h1-5H,6H2,(H,13,15)/b12-4+. The Bertz CT molecular complexity index is 628. The first-order valence-electron chi connectivity index (χ1n) is 4.89. The Morgan fingerprint density at radius 1 is 1.47 bits per heavy atom. The molecule has 0 unspecified atom stereocenters. The third-order valence-corrected chi connectivity index (χ3v) is 2.28. The summed E-state index contributed by atoms with van der Waals surface area (Å²) < 4.78 is 11.6. The van der Waals surface area contributed by atoms with Crippen molar-refractivity contribution >= 4 is 6.21 Å². The van der Waals surface area contributed by atoms with Crippen molar-refractivity contribution in [1.82, 2.24) is 14.9 Å². The van der Waals surface area contributed by atoms with Gasteiger partial charge >= 0.3 is 5.69 Å². The van der Waals surface area contributed by atoms with Crippen LogP contribution in [-0.4, -0.2) is 27.9 Å². The number of hydrogen-bond donors (Lipinski definition) is 1. The van der Waals surface area contributed by atoms with Crippen LogP contribution in [0.4, 0.5) is 0 Å². The molecule has 1 aliphatic rings. The van der Waals surface area contributed by atoms with Crippen molar-refractivity contribution in [3.8, 4) is 11.5 Å². The summed E-state index contributed by atoms with van der Waals surface area (Å²) in [6, 6.07) is 5.46. The maximum atomic E-state index is 11.1. The van der Waals surface area contributed by atoms with E-state index in [4.69, 9.17) is 9.47 Å². The Labute approximate surface area is 95.3 Å². The number of rotatable bonds is 2. The van der Waals surface area contributed by atoms with E-state index in [-0.39, 0.29) is 6.79 Å². The zero-order valence-corrected chi connectivity index (χ0v) is 8.66. The molecule has 3 rings (SSSR count). The van der Waals surface area contributed by atoms with Gasteiger partial charge in [0.05, 0.1) is 6.21 Å². The van der Waals surface area contributed by atoms with Gasteiger partial charge in [-0.25, -0.2) is 9.89 Å². The molecule has 0 saturated heterocycles. The number of benzene rings is 1. The van der Waals surface area contributed by atoms with Gasteiger partial charge in [-0.15, -0.1) is 0 Å². The van der Waals surface area contributed by atoms with Crippen molar-refractivity contribution in [3.05, 3.63) is 40.6 Å². The molecule has 0 atom stereocenters. The molecule has 1 N–H and O–H groups in total. The molecule has 0 radical (unpaired) electrons. The normalized spacial score (nSPS) is 13.4. The number of nitrogens with one attached hydrogen (secondary N) is 1. The van der Waals surface area contributed by atoms with Crippen molar-refractivity contribution in [2.24, 2.45) is 5.10 Å². The predicted octanol–water partition coefficient (Wildman–Crippen LogP) is 0.182. The van der Waals surface area contributed by atoms with E-state index in [9.17, 15) is 4.79 Å². The fraction of sp³-hybridized carbons (Fsp3) is 0.100. The largest absolute Gasteiger partial charge is 0.454 e. The molecule has 0 bridgehead atoms. The van der Waals surface area contributed by atoms with E-state index < -0.39 is 5.69 Å². The number of nitrogens with zero attached hydrogens (tertiary/aromatic N) is 3. The predicted molar refractivity (Wildman–Crippen MR) is 58.4 cm³/mol. The van der Waals surface area contributed by atoms with E-state index in [1.165, 1.54) is 12.5 Å². The van der Waals surface area contributed by atoms with Crippen LogP contribution in [0.25, 0.3) is 0 Å². The Balaban J connectivity index is 1.97. The fourth-order valence-corrected chi connectivity index (χ4v) is 1.50. The number of aromatic nitrogens is 3. The lowest BCUT2D eigenvalue weighted by molar-refractivity contribution is 0.174. The summed E-state index contributed by atoms with van der Waals surface area (Å²) in [4.78, 5) is 11.1. The monoisotopic (exact) mass is 232 g/mol. The first-order valence-corrected chi connectivity index (χ1v) is 4.89. The van der Waals surface area contributed by atoms with Crippen molar-refractivity contribution in [2.45, 2.75) is 0 Å². The number of H-pyrrole nitrogens is 1. The van der Waals surface area contributed by atoms with Crippen LogP contribution in [0.1, 0.15) is 5.56 Å². The Kier molecular flexibility index (Phi) is 2.14. The molecule has 0 amide bonds. The summed E-state index contributed by atoms with van der Waals surface area (Å²) in [6.45, 7) is 0.200. The number of fused-ring (bicyclic) bond motifs is 1. The fourth-order valence-electron chi connectivity index (χ4n) is 1.50. The van der Waals surface area contributed by atoms with Crippen LogP contribution in [0.5, 0.6) is 11.5 Å². The average molecular weight is 232 g/mol. The molecular formula is C10H8N4O3. The number of para-hydroxylation sites is 1. The zero-order chi connectivity index (χ0) is 11.7. The van der Waals surface area contributed by atoms with E-state index in [1.54, 1.807) is 0 Å². The van der Waals surface area contributed by atoms with Crippen LogP contribution in [0, 0.1) is 0 Å². The highest BCUT2D eigenvalue weighted by molar-refractivity contribution is 5.85. The zero-order valence-electron chi connectivity index (χ0n) is 8.66. The SMILES string of the molecule is O=c1[nH]ncn1/N=C/c1cccc2c1OCO2. The molecule has 0 aliphatic carbocycles. The molecule has 0 spiro atoms. The highest BCUT2D eigenvalue weighted by atomic mass is 16.7. The summed E-state index contributed by atoms with van der Waals surface area (Å²) >= 11 is 0. The van der Waals surface area contributed by atoms with Gasteiger partial charge in [-0.2, -0.15) is 14.9 Å². The van der Waals surface area contributed by atoms with E-state index in [0.717, 1.165) is 10.2 Å². The van der Waals surface area contributed by atoms with Crippen molar-refractivity contribution in [2.75, 3.05) is 6.79 Å². The molecule has 1 aromatic carbocycles. The summed E-state index contributed by atoms with van der Waals surface area (Å²) in [6.07, 6.45) is 2.81. The minimum Gasteiger partial charge on any atom is -0.454 e. The van der Waals surface area contributed by atoms with Crippen LogP contribution in [0.15, 0.2) is 34.4 Å². The molecule has 0 fully saturated rings. The van der Waals surface area contributed by atoms with Gasteiger partial charge in [0.15, 0.2) is 11.5 Å². The molecule has 1 aliphatic heterocycles. The Hall–Kier alpha value is -2.57.